The number of hydrogen-bond acceptors (Lipinski definition) is 4. The van der Waals surface area contributed by atoms with Crippen LogP contribution in [0.5, 0.6) is 0 Å². The van der Waals surface area contributed by atoms with E-state index in [4.69, 9.17) is 8.83 Å². The molecule has 0 unspecified atom stereocenters. The van der Waals surface area contributed by atoms with Crippen molar-refractivity contribution in [1.82, 2.24) is 4.40 Å². The van der Waals surface area contributed by atoms with Crippen molar-refractivity contribution in [2.75, 3.05) is 9.80 Å². The van der Waals surface area contributed by atoms with E-state index in [1.807, 2.05) is 0 Å². The lowest BCUT2D eigenvalue weighted by Crippen LogP contribution is -2.37. The van der Waals surface area contributed by atoms with E-state index in [9.17, 15) is 0 Å². The van der Waals surface area contributed by atoms with E-state index in [1.165, 1.54) is 10.4 Å². The van der Waals surface area contributed by atoms with Gasteiger partial charge in [-0.3, -0.25) is 0 Å². The smallest absolute Gasteiger partial charge is 0.160 e. The summed E-state index contributed by atoms with van der Waals surface area (Å²) in [5.41, 5.74) is 13.3. The summed E-state index contributed by atoms with van der Waals surface area (Å²) in [6.07, 6.45) is 0. The molecule has 0 bridgehead atoms. The molecule has 67 heavy (non-hydrogen) atoms. The molecule has 0 saturated carbocycles. The molecular formula is C60H49N3O2Si2. The Kier molecular flexibility index (Phi) is 8.58. The first kappa shape index (κ1) is 39.8. The molecule has 0 radical (unpaired) electrons. The van der Waals surface area contributed by atoms with Crippen molar-refractivity contribution in [2.45, 2.75) is 39.3 Å². The third kappa shape index (κ3) is 5.97. The van der Waals surface area contributed by atoms with Gasteiger partial charge in [0.2, 0.25) is 0 Å². The van der Waals surface area contributed by atoms with Gasteiger partial charge < -0.3 is 23.0 Å². The molecular weight excluding hydrogens is 851 g/mol. The van der Waals surface area contributed by atoms with Crippen molar-refractivity contribution in [2.24, 2.45) is 0 Å². The summed E-state index contributed by atoms with van der Waals surface area (Å²) in [4.78, 5) is 4.95. The molecule has 13 aromatic rings. The minimum Gasteiger partial charge on any atom is -0.454 e. The Morgan fingerprint density at radius 2 is 0.716 bits per heavy atom. The molecule has 4 aromatic heterocycles. The lowest BCUT2D eigenvalue weighted by Gasteiger charge is -2.29. The summed E-state index contributed by atoms with van der Waals surface area (Å²) in [5.74, 6) is 0. The lowest BCUT2D eigenvalue weighted by molar-refractivity contribution is 0.670. The zero-order chi connectivity index (χ0) is 45.3. The molecule has 0 amide bonds. The second-order valence-corrected chi connectivity index (χ2v) is 30.3. The van der Waals surface area contributed by atoms with Gasteiger partial charge in [0.05, 0.1) is 33.0 Å². The third-order valence-corrected chi connectivity index (χ3v) is 18.0. The molecule has 5 nitrogen and oxygen atoms in total. The summed E-state index contributed by atoms with van der Waals surface area (Å²) in [6.45, 7) is 14.6. The van der Waals surface area contributed by atoms with E-state index >= 15 is 0 Å². The van der Waals surface area contributed by atoms with Crippen LogP contribution in [0, 0.1) is 0 Å². The van der Waals surface area contributed by atoms with Crippen molar-refractivity contribution >= 4 is 143 Å². The number of furan rings is 2. The van der Waals surface area contributed by atoms with E-state index in [2.05, 4.69) is 242 Å². The van der Waals surface area contributed by atoms with Crippen molar-refractivity contribution in [3.8, 4) is 0 Å². The monoisotopic (exact) mass is 899 g/mol. The number of hydrogen-bond donors (Lipinski definition) is 0. The predicted octanol–water partition coefficient (Wildman–Crippen LogP) is 16.7. The largest absolute Gasteiger partial charge is 0.454 e. The van der Waals surface area contributed by atoms with Gasteiger partial charge in [-0.05, 0) is 72.8 Å². The van der Waals surface area contributed by atoms with E-state index in [0.717, 1.165) is 116 Å². The van der Waals surface area contributed by atoms with Crippen LogP contribution in [0.1, 0.15) is 0 Å². The van der Waals surface area contributed by atoms with Crippen LogP contribution in [-0.4, -0.2) is 20.5 Å². The highest BCUT2D eigenvalue weighted by atomic mass is 28.3. The summed E-state index contributed by atoms with van der Waals surface area (Å²) >= 11 is 0. The summed E-state index contributed by atoms with van der Waals surface area (Å²) in [5, 5.41) is 11.7. The molecule has 0 aliphatic heterocycles. The molecule has 13 rings (SSSR count). The average Bonchev–Trinajstić information content (AvgIpc) is 4.10. The molecule has 0 N–H and O–H groups in total. The van der Waals surface area contributed by atoms with Gasteiger partial charge in [0, 0.05) is 65.8 Å². The lowest BCUT2D eigenvalue weighted by atomic mass is 10.0. The number of para-hydroxylation sites is 5. The standard InChI is InChI=1S/C60H49N3O2Si2/c1-66(2,3)42-26-17-24-40(34-42)61(38-20-9-7-10-21-38)50-36-48-44-28-13-15-32-52(44)64-59(48)57-54(50)46-30-19-31-47-55-51(37-49-45-29-14-16-33-53(45)65-60(49)58(55)63(57)56(46)47)62(39-22-11-8-12-23-39)41-25-18-27-43(35-41)67(4,5)6/h7-37H,1-6H3. The fourth-order valence-electron chi connectivity index (χ4n) is 10.7. The zero-order valence-corrected chi connectivity index (χ0v) is 40.6. The molecule has 0 aliphatic carbocycles. The highest BCUT2D eigenvalue weighted by Crippen LogP contribution is 2.54. The highest BCUT2D eigenvalue weighted by molar-refractivity contribution is 6.89. The SMILES string of the molecule is C[Si](C)(C)c1cccc(N(c2ccccc2)c2cc3c4ccccc4oc3c3c2c2cccc4c5c(N(c6ccccc6)c6cccc([Si](C)(C)C)c6)cc6c7ccccc7oc6c5n3c24)c1. The molecule has 7 heteroatoms. The molecule has 0 spiro atoms. The van der Waals surface area contributed by atoms with Crippen molar-refractivity contribution in [3.05, 3.63) is 188 Å². The van der Waals surface area contributed by atoms with Crippen molar-refractivity contribution in [1.29, 1.82) is 0 Å². The fraction of sp³-hybridized carbons (Fsp3) is 0.100. The minimum atomic E-state index is -1.69. The maximum absolute atomic E-state index is 7.15. The van der Waals surface area contributed by atoms with Crippen LogP contribution in [0.2, 0.25) is 39.3 Å². The molecule has 0 saturated heterocycles. The van der Waals surface area contributed by atoms with E-state index in [0.29, 0.717) is 0 Å². The maximum Gasteiger partial charge on any atom is 0.160 e. The topological polar surface area (TPSA) is 37.2 Å². The highest BCUT2D eigenvalue weighted by Gasteiger charge is 2.32. The fourth-order valence-corrected chi connectivity index (χ4v) is 13.1. The number of nitrogens with zero attached hydrogens (tertiary/aromatic N) is 3. The second-order valence-electron chi connectivity index (χ2n) is 20.2. The van der Waals surface area contributed by atoms with Crippen molar-refractivity contribution < 1.29 is 8.83 Å². The normalized spacial score (nSPS) is 12.6. The predicted molar refractivity (Wildman–Crippen MR) is 291 cm³/mol. The molecule has 9 aromatic carbocycles. The van der Waals surface area contributed by atoms with E-state index < -0.39 is 16.1 Å². The number of anilines is 6. The number of benzene rings is 9. The van der Waals surface area contributed by atoms with Gasteiger partial charge in [0.15, 0.2) is 11.2 Å². The molecule has 324 valence electrons. The first-order valence-corrected chi connectivity index (χ1v) is 30.3. The Bertz CT molecular complexity index is 3820. The Morgan fingerprint density at radius 3 is 1.15 bits per heavy atom. The van der Waals surface area contributed by atoms with Gasteiger partial charge in [-0.25, -0.2) is 0 Å². The van der Waals surface area contributed by atoms with Gasteiger partial charge in [-0.2, -0.15) is 0 Å². The van der Waals surface area contributed by atoms with Crippen molar-refractivity contribution in [3.63, 3.8) is 0 Å². The van der Waals surface area contributed by atoms with E-state index in [1.54, 1.807) is 0 Å². The van der Waals surface area contributed by atoms with Crippen LogP contribution in [-0.2, 0) is 0 Å². The third-order valence-electron chi connectivity index (χ3n) is 13.9. The van der Waals surface area contributed by atoms with Crippen LogP contribution >= 0.6 is 0 Å². The first-order chi connectivity index (χ1) is 32.5. The van der Waals surface area contributed by atoms with Gasteiger partial charge in [-0.1, -0.05) is 165 Å². The minimum absolute atomic E-state index is 0.858. The van der Waals surface area contributed by atoms with Crippen LogP contribution in [0.4, 0.5) is 34.1 Å². The van der Waals surface area contributed by atoms with Gasteiger partial charge in [-0.15, -0.1) is 0 Å². The van der Waals surface area contributed by atoms with Crippen LogP contribution in [0.25, 0.3) is 82.0 Å². The average molecular weight is 900 g/mol. The summed E-state index contributed by atoms with van der Waals surface area (Å²) in [6, 6.07) is 68.8. The summed E-state index contributed by atoms with van der Waals surface area (Å²) in [7, 11) is -3.38. The molecule has 0 fully saturated rings. The molecule has 4 heterocycles. The van der Waals surface area contributed by atoms with Gasteiger partial charge >= 0.3 is 0 Å². The Hall–Kier alpha value is -7.59. The Labute approximate surface area is 391 Å². The number of fused-ring (bicyclic) bond motifs is 14. The van der Waals surface area contributed by atoms with Gasteiger partial charge in [0.1, 0.15) is 22.2 Å². The van der Waals surface area contributed by atoms with E-state index in [-0.39, 0.29) is 0 Å². The zero-order valence-electron chi connectivity index (χ0n) is 38.6. The Balaban J connectivity index is 1.25. The summed E-state index contributed by atoms with van der Waals surface area (Å²) < 4.78 is 16.8. The first-order valence-electron chi connectivity index (χ1n) is 23.3. The van der Waals surface area contributed by atoms with Gasteiger partial charge in [0.25, 0.3) is 0 Å². The number of aromatic nitrogens is 1. The van der Waals surface area contributed by atoms with Crippen LogP contribution in [0.3, 0.4) is 0 Å². The van der Waals surface area contributed by atoms with Crippen LogP contribution in [0.15, 0.2) is 197 Å². The quantitative estimate of drug-likeness (QED) is 0.142. The Morgan fingerprint density at radius 1 is 0.343 bits per heavy atom. The molecule has 0 atom stereocenters. The maximum atomic E-state index is 7.15. The van der Waals surface area contributed by atoms with Crippen LogP contribution < -0.4 is 20.2 Å². The molecule has 0 aliphatic rings. The number of rotatable bonds is 8. The second kappa shape index (κ2) is 14.5.